The van der Waals surface area contributed by atoms with Crippen LogP contribution in [-0.2, 0) is 9.59 Å². The van der Waals surface area contributed by atoms with E-state index in [1.807, 2.05) is 0 Å². The second-order valence-corrected chi connectivity index (χ2v) is 1.71. The van der Waals surface area contributed by atoms with E-state index in [1.54, 1.807) is 0 Å². The largest absolute Gasteiger partial charge is 0.298 e. The van der Waals surface area contributed by atoms with Crippen molar-refractivity contribution in [1.82, 2.24) is 0 Å². The monoisotopic (exact) mass is 123 g/mol. The van der Waals surface area contributed by atoms with Crippen molar-refractivity contribution in [2.75, 3.05) is 0 Å². The summed E-state index contributed by atoms with van der Waals surface area (Å²) < 4.78 is 0. The van der Waals surface area contributed by atoms with E-state index in [4.69, 9.17) is 0 Å². The lowest BCUT2D eigenvalue weighted by Crippen LogP contribution is -2.02. The third kappa shape index (κ3) is 1.32. The Morgan fingerprint density at radius 2 is 2.44 bits per heavy atom. The maximum absolute atomic E-state index is 10.4. The smallest absolute Gasteiger partial charge is 0.250 e. The van der Waals surface area contributed by atoms with Gasteiger partial charge in [-0.05, 0) is 6.08 Å². The third-order valence-electron chi connectivity index (χ3n) is 1.01. The molecule has 0 atom stereocenters. The average molecular weight is 123 g/mol. The predicted octanol–water partition coefficient (Wildman–Crippen LogP) is 0.113. The molecule has 1 aliphatic heterocycles. The van der Waals surface area contributed by atoms with Crippen LogP contribution >= 0.6 is 0 Å². The molecule has 0 saturated heterocycles. The molecule has 1 rings (SSSR count). The zero-order valence-electron chi connectivity index (χ0n) is 4.70. The van der Waals surface area contributed by atoms with Crippen molar-refractivity contribution in [2.24, 2.45) is 4.99 Å². The van der Waals surface area contributed by atoms with Crippen molar-refractivity contribution in [3.63, 3.8) is 0 Å². The van der Waals surface area contributed by atoms with Crippen molar-refractivity contribution in [2.45, 2.75) is 6.42 Å². The van der Waals surface area contributed by atoms with Crippen LogP contribution in [0.3, 0.4) is 0 Å². The van der Waals surface area contributed by atoms with E-state index in [2.05, 4.69) is 4.99 Å². The standard InChI is InChI=1S/C6H5NO2/c8-4-5-1-2-7-6(9)3-5/h1-2,4H,3H2. The van der Waals surface area contributed by atoms with E-state index in [-0.39, 0.29) is 12.3 Å². The zero-order chi connectivity index (χ0) is 6.69. The van der Waals surface area contributed by atoms with Gasteiger partial charge in [0.05, 0.1) is 6.42 Å². The van der Waals surface area contributed by atoms with Gasteiger partial charge in [-0.2, -0.15) is 0 Å². The van der Waals surface area contributed by atoms with Crippen molar-refractivity contribution >= 4 is 18.4 Å². The van der Waals surface area contributed by atoms with Gasteiger partial charge in [-0.25, -0.2) is 4.99 Å². The van der Waals surface area contributed by atoms with Crippen LogP contribution in [0.4, 0.5) is 0 Å². The predicted molar refractivity (Wildman–Crippen MR) is 32.3 cm³/mol. The fraction of sp³-hybridized carbons (Fsp3) is 0.167. The Morgan fingerprint density at radius 1 is 1.67 bits per heavy atom. The second kappa shape index (κ2) is 2.35. The summed E-state index contributed by atoms with van der Waals surface area (Å²) in [7, 11) is 0. The Balaban J connectivity index is 2.76. The van der Waals surface area contributed by atoms with Crippen molar-refractivity contribution < 1.29 is 9.59 Å². The molecule has 0 aromatic rings. The molecule has 0 spiro atoms. The van der Waals surface area contributed by atoms with Gasteiger partial charge >= 0.3 is 0 Å². The van der Waals surface area contributed by atoms with Gasteiger partial charge in [-0.15, -0.1) is 0 Å². The van der Waals surface area contributed by atoms with Gasteiger partial charge in [0.25, 0.3) is 0 Å². The molecule has 0 aliphatic carbocycles. The molecule has 0 N–H and O–H groups in total. The lowest BCUT2D eigenvalue weighted by Gasteiger charge is -1.96. The Kier molecular flexibility index (Phi) is 1.53. The highest BCUT2D eigenvalue weighted by molar-refractivity contribution is 6.00. The summed E-state index contributed by atoms with van der Waals surface area (Å²) in [5, 5.41) is 0. The number of aldehydes is 1. The average Bonchev–Trinajstić information content (AvgIpc) is 1.88. The molecule has 0 aromatic heterocycles. The first-order valence-electron chi connectivity index (χ1n) is 2.54. The van der Waals surface area contributed by atoms with Crippen molar-refractivity contribution in [3.8, 4) is 0 Å². The highest BCUT2D eigenvalue weighted by Gasteiger charge is 2.05. The van der Waals surface area contributed by atoms with Gasteiger partial charge in [0.1, 0.15) is 6.29 Å². The highest BCUT2D eigenvalue weighted by Crippen LogP contribution is 2.01. The van der Waals surface area contributed by atoms with Crippen LogP contribution in [0, 0.1) is 0 Å². The minimum Gasteiger partial charge on any atom is -0.298 e. The summed E-state index contributed by atoms with van der Waals surface area (Å²) in [5.41, 5.74) is 0.495. The molecule has 0 unspecified atom stereocenters. The van der Waals surface area contributed by atoms with Crippen LogP contribution in [-0.4, -0.2) is 18.4 Å². The van der Waals surface area contributed by atoms with Gasteiger partial charge in [0.2, 0.25) is 5.91 Å². The second-order valence-electron chi connectivity index (χ2n) is 1.71. The number of amides is 1. The number of rotatable bonds is 1. The minimum atomic E-state index is -0.250. The first kappa shape index (κ1) is 5.88. The molecule has 46 valence electrons. The molecule has 1 heterocycles. The molecule has 0 fully saturated rings. The SMILES string of the molecule is O=CC1=CC=NC(=O)C1. The fourth-order valence-electron chi connectivity index (χ4n) is 0.576. The van der Waals surface area contributed by atoms with Crippen molar-refractivity contribution in [3.05, 3.63) is 11.6 Å². The van der Waals surface area contributed by atoms with E-state index < -0.39 is 0 Å². The Labute approximate surface area is 52.1 Å². The normalized spacial score (nSPS) is 17.3. The van der Waals surface area contributed by atoms with Crippen LogP contribution in [0.2, 0.25) is 0 Å². The quantitative estimate of drug-likeness (QED) is 0.464. The van der Waals surface area contributed by atoms with E-state index in [9.17, 15) is 9.59 Å². The Bertz CT molecular complexity index is 203. The van der Waals surface area contributed by atoms with Crippen LogP contribution in [0.1, 0.15) is 6.42 Å². The first-order valence-corrected chi connectivity index (χ1v) is 2.54. The molecule has 9 heavy (non-hydrogen) atoms. The minimum absolute atomic E-state index is 0.153. The molecule has 3 nitrogen and oxygen atoms in total. The fourth-order valence-corrected chi connectivity index (χ4v) is 0.576. The van der Waals surface area contributed by atoms with E-state index in [1.165, 1.54) is 12.3 Å². The lowest BCUT2D eigenvalue weighted by molar-refractivity contribution is -0.118. The highest BCUT2D eigenvalue weighted by atomic mass is 16.1. The summed E-state index contributed by atoms with van der Waals surface area (Å²) in [6, 6.07) is 0. The number of allylic oxidation sites excluding steroid dienone is 1. The number of hydrogen-bond acceptors (Lipinski definition) is 2. The lowest BCUT2D eigenvalue weighted by atomic mass is 10.2. The molecular formula is C6H5NO2. The number of aliphatic imine (C=N–C) groups is 1. The van der Waals surface area contributed by atoms with Crippen LogP contribution in [0.15, 0.2) is 16.6 Å². The Morgan fingerprint density at radius 3 is 2.89 bits per heavy atom. The van der Waals surface area contributed by atoms with Gasteiger partial charge in [0.15, 0.2) is 0 Å². The molecule has 1 amide bonds. The summed E-state index contributed by atoms with van der Waals surface area (Å²) in [6.45, 7) is 0. The first-order chi connectivity index (χ1) is 4.33. The van der Waals surface area contributed by atoms with Gasteiger partial charge in [-0.1, -0.05) is 0 Å². The van der Waals surface area contributed by atoms with Gasteiger partial charge in [0, 0.05) is 11.8 Å². The number of carbonyl (C=O) groups excluding carboxylic acids is 2. The summed E-state index contributed by atoms with van der Waals surface area (Å²) in [4.78, 5) is 23.9. The van der Waals surface area contributed by atoms with Crippen LogP contribution in [0.5, 0.6) is 0 Å². The molecule has 0 saturated carbocycles. The molecular weight excluding hydrogens is 118 g/mol. The summed E-state index contributed by atoms with van der Waals surface area (Å²) >= 11 is 0. The molecule has 1 aliphatic rings. The van der Waals surface area contributed by atoms with Crippen LogP contribution < -0.4 is 0 Å². The molecule has 0 radical (unpaired) electrons. The molecule has 3 heteroatoms. The van der Waals surface area contributed by atoms with Crippen molar-refractivity contribution in [1.29, 1.82) is 0 Å². The maximum Gasteiger partial charge on any atom is 0.250 e. The summed E-state index contributed by atoms with van der Waals surface area (Å²) in [6.07, 6.45) is 3.70. The topological polar surface area (TPSA) is 46.5 Å². The van der Waals surface area contributed by atoms with Gasteiger partial charge < -0.3 is 0 Å². The number of carbonyl (C=O) groups is 2. The number of hydrogen-bond donors (Lipinski definition) is 0. The van der Waals surface area contributed by atoms with E-state index >= 15 is 0 Å². The Hall–Kier alpha value is -1.25. The van der Waals surface area contributed by atoms with E-state index in [0.717, 1.165) is 0 Å². The van der Waals surface area contributed by atoms with E-state index in [0.29, 0.717) is 11.9 Å². The third-order valence-corrected chi connectivity index (χ3v) is 1.01. The van der Waals surface area contributed by atoms with Gasteiger partial charge in [-0.3, -0.25) is 9.59 Å². The number of nitrogens with zero attached hydrogens (tertiary/aromatic N) is 1. The molecule has 0 bridgehead atoms. The number of dihydropyridines is 1. The molecule has 0 aromatic carbocycles. The maximum atomic E-state index is 10.4. The zero-order valence-corrected chi connectivity index (χ0v) is 4.70. The summed E-state index contributed by atoms with van der Waals surface area (Å²) in [5.74, 6) is -0.250. The van der Waals surface area contributed by atoms with Crippen LogP contribution in [0.25, 0.3) is 0 Å².